The molecule has 0 bridgehead atoms. The number of thiophene rings is 2. The van der Waals surface area contributed by atoms with Crippen LogP contribution in [0.25, 0.3) is 45.8 Å². The van der Waals surface area contributed by atoms with Crippen LogP contribution < -0.4 is 0 Å². The maximum absolute atomic E-state index is 2.27. The molecule has 134 valence electrons. The summed E-state index contributed by atoms with van der Waals surface area (Å²) in [5.41, 5.74) is 2.57. The topological polar surface area (TPSA) is 0 Å². The van der Waals surface area contributed by atoms with E-state index in [4.69, 9.17) is 0 Å². The number of hydrogen-bond donors (Lipinski definition) is 0. The number of fused-ring (bicyclic) bond motifs is 2. The van der Waals surface area contributed by atoms with Gasteiger partial charge in [0, 0.05) is 9.75 Å². The molecular formula is C26H18S2. The van der Waals surface area contributed by atoms with Crippen LogP contribution in [0.15, 0.2) is 83.6 Å². The van der Waals surface area contributed by atoms with E-state index in [1.807, 2.05) is 0 Å². The van der Waals surface area contributed by atoms with Crippen LogP contribution in [0, 0.1) is 0 Å². The Kier molecular flexibility index (Phi) is 4.66. The first-order valence-corrected chi connectivity index (χ1v) is 11.0. The Hall–Kier alpha value is -2.94. The summed E-state index contributed by atoms with van der Waals surface area (Å²) in [7, 11) is 0. The van der Waals surface area contributed by atoms with Crippen molar-refractivity contribution in [3.05, 3.63) is 104 Å². The van der Waals surface area contributed by atoms with E-state index in [-0.39, 0.29) is 0 Å². The number of benzene rings is 3. The van der Waals surface area contributed by atoms with Gasteiger partial charge in [-0.25, -0.2) is 0 Å². The summed E-state index contributed by atoms with van der Waals surface area (Å²) < 4.78 is 0. The van der Waals surface area contributed by atoms with E-state index in [0.29, 0.717) is 0 Å². The van der Waals surface area contributed by atoms with Crippen LogP contribution >= 0.6 is 22.7 Å². The lowest BCUT2D eigenvalue weighted by atomic mass is 9.91. The molecule has 28 heavy (non-hydrogen) atoms. The van der Waals surface area contributed by atoms with E-state index in [0.717, 1.165) is 0 Å². The van der Waals surface area contributed by atoms with Gasteiger partial charge in [-0.15, -0.1) is 22.7 Å². The highest BCUT2D eigenvalue weighted by Crippen LogP contribution is 2.35. The fourth-order valence-corrected chi connectivity index (χ4v) is 4.89. The van der Waals surface area contributed by atoms with Gasteiger partial charge in [0.05, 0.1) is 0 Å². The average Bonchev–Trinajstić information content (AvgIpc) is 3.44. The lowest BCUT2D eigenvalue weighted by molar-refractivity contribution is 1.72. The zero-order chi connectivity index (χ0) is 18.8. The smallest absolute Gasteiger partial charge is 0.0270 e. The molecule has 2 aromatic heterocycles. The SMILES string of the molecule is C(=C\c1c2ccccc2c(/C=C/c2cccs2)c2ccccc12)/c1cccs1. The minimum absolute atomic E-state index is 1.27. The van der Waals surface area contributed by atoms with E-state index in [1.165, 1.54) is 42.4 Å². The predicted molar refractivity (Wildman–Crippen MR) is 128 cm³/mol. The van der Waals surface area contributed by atoms with E-state index < -0.39 is 0 Å². The van der Waals surface area contributed by atoms with Gasteiger partial charge in [0.25, 0.3) is 0 Å². The van der Waals surface area contributed by atoms with E-state index in [2.05, 4.69) is 108 Å². The molecule has 0 fully saturated rings. The van der Waals surface area contributed by atoms with Gasteiger partial charge in [-0.3, -0.25) is 0 Å². The molecule has 0 spiro atoms. The van der Waals surface area contributed by atoms with Crippen LogP contribution in [0.4, 0.5) is 0 Å². The normalized spacial score (nSPS) is 12.0. The van der Waals surface area contributed by atoms with Gasteiger partial charge in [-0.05, 0) is 67.7 Å². The second-order valence-corrected chi connectivity index (χ2v) is 8.57. The average molecular weight is 395 g/mol. The van der Waals surface area contributed by atoms with Crippen molar-refractivity contribution in [2.24, 2.45) is 0 Å². The zero-order valence-electron chi connectivity index (χ0n) is 15.2. The van der Waals surface area contributed by atoms with Crippen LogP contribution in [-0.2, 0) is 0 Å². The second-order valence-electron chi connectivity index (χ2n) is 6.62. The predicted octanol–water partition coefficient (Wildman–Crippen LogP) is 8.46. The van der Waals surface area contributed by atoms with Crippen molar-refractivity contribution in [3.63, 3.8) is 0 Å². The summed E-state index contributed by atoms with van der Waals surface area (Å²) in [5, 5.41) is 9.40. The summed E-state index contributed by atoms with van der Waals surface area (Å²) in [6.07, 6.45) is 8.98. The maximum atomic E-state index is 2.27. The van der Waals surface area contributed by atoms with Gasteiger partial charge < -0.3 is 0 Å². The highest BCUT2D eigenvalue weighted by Gasteiger charge is 2.10. The Morgan fingerprint density at radius 1 is 0.429 bits per heavy atom. The molecule has 0 saturated carbocycles. The molecule has 0 amide bonds. The van der Waals surface area contributed by atoms with Crippen molar-refractivity contribution in [2.75, 3.05) is 0 Å². The molecule has 0 aliphatic heterocycles. The van der Waals surface area contributed by atoms with Gasteiger partial charge in [0.2, 0.25) is 0 Å². The fraction of sp³-hybridized carbons (Fsp3) is 0. The molecule has 0 aliphatic rings. The van der Waals surface area contributed by atoms with Gasteiger partial charge in [-0.1, -0.05) is 72.8 Å². The van der Waals surface area contributed by atoms with Crippen molar-refractivity contribution in [3.8, 4) is 0 Å². The number of hydrogen-bond acceptors (Lipinski definition) is 2. The van der Waals surface area contributed by atoms with Crippen molar-refractivity contribution < 1.29 is 0 Å². The quantitative estimate of drug-likeness (QED) is 0.268. The lowest BCUT2D eigenvalue weighted by Gasteiger charge is -2.13. The van der Waals surface area contributed by atoms with Crippen LogP contribution in [-0.4, -0.2) is 0 Å². The minimum atomic E-state index is 1.27. The molecule has 3 aromatic carbocycles. The monoisotopic (exact) mass is 394 g/mol. The molecule has 5 aromatic rings. The van der Waals surface area contributed by atoms with Crippen molar-refractivity contribution in [2.45, 2.75) is 0 Å². The Labute approximate surface area is 172 Å². The highest BCUT2D eigenvalue weighted by atomic mass is 32.1. The summed E-state index contributed by atoms with van der Waals surface area (Å²) in [6, 6.07) is 26.0. The van der Waals surface area contributed by atoms with Gasteiger partial charge >= 0.3 is 0 Å². The van der Waals surface area contributed by atoms with Crippen LogP contribution in [0.3, 0.4) is 0 Å². The summed E-state index contributed by atoms with van der Waals surface area (Å²) in [5.74, 6) is 0. The molecule has 0 N–H and O–H groups in total. The Morgan fingerprint density at radius 3 is 1.14 bits per heavy atom. The first-order valence-electron chi connectivity index (χ1n) is 9.27. The molecule has 0 nitrogen and oxygen atoms in total. The third-order valence-electron chi connectivity index (χ3n) is 4.93. The maximum Gasteiger partial charge on any atom is 0.0270 e. The minimum Gasteiger partial charge on any atom is -0.144 e. The first-order chi connectivity index (χ1) is 13.9. The second kappa shape index (κ2) is 7.59. The summed E-state index contributed by atoms with van der Waals surface area (Å²) in [6.45, 7) is 0. The highest BCUT2D eigenvalue weighted by molar-refractivity contribution is 7.11. The Morgan fingerprint density at radius 2 is 0.821 bits per heavy atom. The van der Waals surface area contributed by atoms with E-state index in [1.54, 1.807) is 22.7 Å². The molecule has 5 rings (SSSR count). The molecule has 0 aliphatic carbocycles. The number of rotatable bonds is 4. The zero-order valence-corrected chi connectivity index (χ0v) is 16.8. The third-order valence-corrected chi connectivity index (χ3v) is 6.60. The van der Waals surface area contributed by atoms with Gasteiger partial charge in [0.1, 0.15) is 0 Å². The molecule has 2 heterocycles. The Bertz CT molecular complexity index is 1130. The summed E-state index contributed by atoms with van der Waals surface area (Å²) >= 11 is 3.53. The van der Waals surface area contributed by atoms with Crippen molar-refractivity contribution in [1.82, 2.24) is 0 Å². The van der Waals surface area contributed by atoms with Gasteiger partial charge in [0.15, 0.2) is 0 Å². The lowest BCUT2D eigenvalue weighted by Crippen LogP contribution is -1.88. The first kappa shape index (κ1) is 17.2. The van der Waals surface area contributed by atoms with Crippen molar-refractivity contribution >= 4 is 68.5 Å². The molecule has 0 radical (unpaired) electrons. The fourth-order valence-electron chi connectivity index (χ4n) is 3.66. The van der Waals surface area contributed by atoms with Gasteiger partial charge in [-0.2, -0.15) is 0 Å². The van der Waals surface area contributed by atoms with E-state index in [9.17, 15) is 0 Å². The third kappa shape index (κ3) is 3.22. The standard InChI is InChI=1S/C26H18S2/c1-2-10-22-21(9-1)25(15-13-19-7-5-17-27-19)23-11-3-4-12-24(23)26(22)16-14-20-8-6-18-28-20/h1-18H/b15-13+,16-14+. The molecule has 0 saturated heterocycles. The van der Waals surface area contributed by atoms with E-state index >= 15 is 0 Å². The molecule has 0 unspecified atom stereocenters. The Balaban J connectivity index is 1.78. The summed E-state index contributed by atoms with van der Waals surface area (Å²) in [4.78, 5) is 2.55. The van der Waals surface area contributed by atoms with Crippen molar-refractivity contribution in [1.29, 1.82) is 0 Å². The van der Waals surface area contributed by atoms with Crippen LogP contribution in [0.2, 0.25) is 0 Å². The van der Waals surface area contributed by atoms with Crippen LogP contribution in [0.1, 0.15) is 20.9 Å². The molecule has 0 atom stereocenters. The molecule has 2 heteroatoms. The molecular weight excluding hydrogens is 376 g/mol. The largest absolute Gasteiger partial charge is 0.144 e. The van der Waals surface area contributed by atoms with Crippen LogP contribution in [0.5, 0.6) is 0 Å².